The minimum atomic E-state index is -0.510. The zero-order chi connectivity index (χ0) is 15.6. The Morgan fingerprint density at radius 1 is 1.24 bits per heavy atom. The van der Waals surface area contributed by atoms with Crippen molar-refractivity contribution in [2.24, 2.45) is 0 Å². The van der Waals surface area contributed by atoms with Gasteiger partial charge in [0.15, 0.2) is 0 Å². The minimum Gasteiger partial charge on any atom is -0.507 e. The van der Waals surface area contributed by atoms with Crippen LogP contribution in [0.2, 0.25) is 5.02 Å². The normalized spacial score (nSPS) is 10.4. The molecule has 0 saturated heterocycles. The summed E-state index contributed by atoms with van der Waals surface area (Å²) in [5, 5.41) is 19.9. The summed E-state index contributed by atoms with van der Waals surface area (Å²) in [6, 6.07) is 9.14. The standard InChI is InChI=1S/C15H15ClN2O3/c1-18(8-9-7-10(17)5-6-11(9)16)15(21)14-12(19)3-2-4-13(14)20/h2-7,19-20H,8,17H2,1H3. The molecule has 0 aliphatic heterocycles. The smallest absolute Gasteiger partial charge is 0.261 e. The van der Waals surface area contributed by atoms with E-state index >= 15 is 0 Å². The molecule has 110 valence electrons. The van der Waals surface area contributed by atoms with E-state index in [0.29, 0.717) is 16.3 Å². The number of rotatable bonds is 3. The van der Waals surface area contributed by atoms with Crippen LogP contribution in [0.4, 0.5) is 5.69 Å². The van der Waals surface area contributed by atoms with Crippen molar-refractivity contribution in [2.45, 2.75) is 6.54 Å². The van der Waals surface area contributed by atoms with Crippen molar-refractivity contribution in [3.05, 3.63) is 52.5 Å². The van der Waals surface area contributed by atoms with Crippen LogP contribution < -0.4 is 5.73 Å². The van der Waals surface area contributed by atoms with Crippen LogP contribution in [0, 0.1) is 0 Å². The summed E-state index contributed by atoms with van der Waals surface area (Å²) < 4.78 is 0. The number of aromatic hydroxyl groups is 2. The number of phenolic OH excluding ortho intramolecular Hbond substituents is 2. The Morgan fingerprint density at radius 2 is 1.86 bits per heavy atom. The van der Waals surface area contributed by atoms with Crippen molar-refractivity contribution in [1.82, 2.24) is 4.90 Å². The molecule has 2 aromatic carbocycles. The topological polar surface area (TPSA) is 86.8 Å². The Kier molecular flexibility index (Phi) is 4.23. The van der Waals surface area contributed by atoms with Crippen LogP contribution in [0.15, 0.2) is 36.4 Å². The summed E-state index contributed by atoms with van der Waals surface area (Å²) in [6.07, 6.45) is 0. The minimum absolute atomic E-state index is 0.139. The van der Waals surface area contributed by atoms with E-state index in [1.807, 2.05) is 0 Å². The molecule has 1 amide bonds. The lowest BCUT2D eigenvalue weighted by molar-refractivity contribution is 0.0779. The number of nitrogens with two attached hydrogens (primary N) is 1. The number of hydrogen-bond acceptors (Lipinski definition) is 4. The van der Waals surface area contributed by atoms with Gasteiger partial charge in [0.1, 0.15) is 17.1 Å². The van der Waals surface area contributed by atoms with Gasteiger partial charge < -0.3 is 20.8 Å². The first kappa shape index (κ1) is 15.0. The fourth-order valence-electron chi connectivity index (χ4n) is 1.98. The first-order valence-electron chi connectivity index (χ1n) is 6.20. The summed E-state index contributed by atoms with van der Waals surface area (Å²) in [6.45, 7) is 0.205. The van der Waals surface area contributed by atoms with Gasteiger partial charge in [-0.05, 0) is 35.9 Å². The zero-order valence-electron chi connectivity index (χ0n) is 11.4. The molecular weight excluding hydrogens is 292 g/mol. The molecule has 0 bridgehead atoms. The van der Waals surface area contributed by atoms with Crippen molar-refractivity contribution in [1.29, 1.82) is 0 Å². The number of hydrogen-bond donors (Lipinski definition) is 3. The summed E-state index contributed by atoms with van der Waals surface area (Å²) >= 11 is 6.06. The number of phenols is 2. The molecular formula is C15H15ClN2O3. The number of halogens is 1. The van der Waals surface area contributed by atoms with Gasteiger partial charge in [0, 0.05) is 24.3 Å². The third-order valence-electron chi connectivity index (χ3n) is 3.06. The van der Waals surface area contributed by atoms with Crippen LogP contribution in [0.25, 0.3) is 0 Å². The molecule has 5 nitrogen and oxygen atoms in total. The Balaban J connectivity index is 2.26. The second-order valence-corrected chi connectivity index (χ2v) is 5.09. The van der Waals surface area contributed by atoms with E-state index in [0.717, 1.165) is 0 Å². The molecule has 2 rings (SSSR count). The number of benzene rings is 2. The van der Waals surface area contributed by atoms with Crippen LogP contribution >= 0.6 is 11.6 Å². The average Bonchev–Trinajstić information content (AvgIpc) is 2.42. The van der Waals surface area contributed by atoms with Crippen molar-refractivity contribution in [3.63, 3.8) is 0 Å². The maximum absolute atomic E-state index is 12.3. The molecule has 0 aliphatic rings. The third kappa shape index (κ3) is 3.20. The highest BCUT2D eigenvalue weighted by molar-refractivity contribution is 6.31. The summed E-state index contributed by atoms with van der Waals surface area (Å²) in [4.78, 5) is 13.7. The van der Waals surface area contributed by atoms with Gasteiger partial charge in [0.2, 0.25) is 0 Å². The van der Waals surface area contributed by atoms with E-state index in [4.69, 9.17) is 17.3 Å². The maximum atomic E-state index is 12.3. The number of nitrogens with zero attached hydrogens (tertiary/aromatic N) is 1. The molecule has 0 radical (unpaired) electrons. The summed E-state index contributed by atoms with van der Waals surface area (Å²) in [5.41, 5.74) is 6.78. The summed E-state index contributed by atoms with van der Waals surface area (Å²) in [5.74, 6) is -1.06. The highest BCUT2D eigenvalue weighted by Gasteiger charge is 2.20. The Bertz CT molecular complexity index is 668. The SMILES string of the molecule is CN(Cc1cc(N)ccc1Cl)C(=O)c1c(O)cccc1O. The molecule has 0 atom stereocenters. The van der Waals surface area contributed by atoms with Crippen molar-refractivity contribution in [2.75, 3.05) is 12.8 Å². The Labute approximate surface area is 127 Å². The molecule has 0 spiro atoms. The number of nitrogen functional groups attached to an aromatic ring is 1. The summed E-state index contributed by atoms with van der Waals surface area (Å²) in [7, 11) is 1.55. The zero-order valence-corrected chi connectivity index (χ0v) is 12.1. The quantitative estimate of drug-likeness (QED) is 0.761. The van der Waals surface area contributed by atoms with Gasteiger partial charge in [-0.2, -0.15) is 0 Å². The van der Waals surface area contributed by atoms with Crippen molar-refractivity contribution >= 4 is 23.2 Å². The largest absolute Gasteiger partial charge is 0.507 e. The van der Waals surface area contributed by atoms with E-state index in [9.17, 15) is 15.0 Å². The number of carbonyl (C=O) groups is 1. The molecule has 21 heavy (non-hydrogen) atoms. The van der Waals surface area contributed by atoms with Crippen molar-refractivity contribution in [3.8, 4) is 11.5 Å². The Morgan fingerprint density at radius 3 is 2.48 bits per heavy atom. The predicted octanol–water partition coefficient (Wildman–Crippen LogP) is 2.61. The van der Waals surface area contributed by atoms with E-state index in [1.165, 1.54) is 23.1 Å². The van der Waals surface area contributed by atoms with Crippen LogP contribution in [0.3, 0.4) is 0 Å². The lowest BCUT2D eigenvalue weighted by Crippen LogP contribution is -2.26. The maximum Gasteiger partial charge on any atom is 0.261 e. The highest BCUT2D eigenvalue weighted by Crippen LogP contribution is 2.28. The number of amides is 1. The van der Waals surface area contributed by atoms with E-state index in [2.05, 4.69) is 0 Å². The first-order chi connectivity index (χ1) is 9.90. The van der Waals surface area contributed by atoms with Crippen LogP contribution in [-0.4, -0.2) is 28.1 Å². The molecule has 0 saturated carbocycles. The van der Waals surface area contributed by atoms with E-state index < -0.39 is 5.91 Å². The highest BCUT2D eigenvalue weighted by atomic mass is 35.5. The number of anilines is 1. The second kappa shape index (κ2) is 5.93. The van der Waals surface area contributed by atoms with Crippen molar-refractivity contribution < 1.29 is 15.0 Å². The fraction of sp³-hybridized carbons (Fsp3) is 0.133. The lowest BCUT2D eigenvalue weighted by atomic mass is 10.1. The molecule has 0 fully saturated rings. The predicted molar refractivity (Wildman–Crippen MR) is 81.4 cm³/mol. The van der Waals surface area contributed by atoms with Gasteiger partial charge in [0.25, 0.3) is 5.91 Å². The number of carbonyl (C=O) groups excluding carboxylic acids is 1. The monoisotopic (exact) mass is 306 g/mol. The van der Waals surface area contributed by atoms with Gasteiger partial charge in [-0.1, -0.05) is 17.7 Å². The molecule has 2 aromatic rings. The third-order valence-corrected chi connectivity index (χ3v) is 3.43. The first-order valence-corrected chi connectivity index (χ1v) is 6.58. The lowest BCUT2D eigenvalue weighted by Gasteiger charge is -2.19. The van der Waals surface area contributed by atoms with E-state index in [-0.39, 0.29) is 23.6 Å². The molecule has 6 heteroatoms. The van der Waals surface area contributed by atoms with Gasteiger partial charge in [0.05, 0.1) is 0 Å². The fourth-order valence-corrected chi connectivity index (χ4v) is 2.16. The Hall–Kier alpha value is -2.40. The van der Waals surface area contributed by atoms with Gasteiger partial charge in [-0.25, -0.2) is 0 Å². The average molecular weight is 307 g/mol. The van der Waals surface area contributed by atoms with Crippen LogP contribution in [0.5, 0.6) is 11.5 Å². The molecule has 4 N–H and O–H groups in total. The molecule has 0 heterocycles. The van der Waals surface area contributed by atoms with Gasteiger partial charge >= 0.3 is 0 Å². The van der Waals surface area contributed by atoms with Crippen LogP contribution in [-0.2, 0) is 6.54 Å². The molecule has 0 unspecified atom stereocenters. The molecule has 0 aromatic heterocycles. The van der Waals surface area contributed by atoms with E-state index in [1.54, 1.807) is 25.2 Å². The van der Waals surface area contributed by atoms with Gasteiger partial charge in [-0.3, -0.25) is 4.79 Å². The molecule has 0 aliphatic carbocycles. The van der Waals surface area contributed by atoms with Crippen LogP contribution in [0.1, 0.15) is 15.9 Å². The second-order valence-electron chi connectivity index (χ2n) is 4.68. The van der Waals surface area contributed by atoms with Gasteiger partial charge in [-0.15, -0.1) is 0 Å².